The van der Waals surface area contributed by atoms with E-state index in [-0.39, 0.29) is 0 Å². The van der Waals surface area contributed by atoms with Gasteiger partial charge in [-0.3, -0.25) is 4.79 Å². The molecule has 1 aromatic rings. The number of aliphatic hydroxyl groups is 2. The third-order valence-electron chi connectivity index (χ3n) is 7.72. The first-order valence-electron chi connectivity index (χ1n) is 10.9. The van der Waals surface area contributed by atoms with E-state index in [9.17, 15) is 20.1 Å². The molecule has 0 aliphatic heterocycles. The Morgan fingerprint density at radius 2 is 1.65 bits per heavy atom. The van der Waals surface area contributed by atoms with Crippen LogP contribution in [0.3, 0.4) is 0 Å². The Morgan fingerprint density at radius 1 is 1.10 bits per heavy atom. The Kier molecular flexibility index (Phi) is 6.10. The van der Waals surface area contributed by atoms with Gasteiger partial charge in [0.05, 0.1) is 25.9 Å². The Hall–Kier alpha value is -1.83. The smallest absolute Gasteiger partial charge is 0.317 e. The zero-order valence-corrected chi connectivity index (χ0v) is 20.7. The molecule has 1 aromatic carbocycles. The van der Waals surface area contributed by atoms with Crippen molar-refractivity contribution in [2.45, 2.75) is 70.0 Å². The van der Waals surface area contributed by atoms with Crippen molar-refractivity contribution in [2.75, 3.05) is 14.2 Å². The topological polar surface area (TPSA) is 96.2 Å². The van der Waals surface area contributed by atoms with Crippen LogP contribution >= 0.6 is 0 Å². The number of hydrogen-bond acceptors (Lipinski definition) is 5. The van der Waals surface area contributed by atoms with E-state index in [0.29, 0.717) is 35.5 Å². The summed E-state index contributed by atoms with van der Waals surface area (Å²) >= 11 is 0. The number of methoxy groups -OCH3 is 2. The third kappa shape index (κ3) is 3.60. The minimum Gasteiger partial charge on any atom is -0.497 e. The second kappa shape index (κ2) is 7.94. The van der Waals surface area contributed by atoms with Crippen LogP contribution in [0.4, 0.5) is 0 Å². The van der Waals surface area contributed by atoms with Gasteiger partial charge in [0, 0.05) is 26.0 Å². The van der Waals surface area contributed by atoms with E-state index in [4.69, 9.17) is 9.47 Å². The lowest BCUT2D eigenvalue weighted by molar-refractivity contribution is -0.157. The maximum absolute atomic E-state index is 12.8. The van der Waals surface area contributed by atoms with Gasteiger partial charge in [-0.05, 0) is 50.0 Å². The molecule has 6 nitrogen and oxygen atoms in total. The highest BCUT2D eigenvalue weighted by Gasteiger charge is 2.69. The lowest BCUT2D eigenvalue weighted by atomic mass is 9.61. The van der Waals surface area contributed by atoms with E-state index in [0.717, 1.165) is 11.6 Å². The lowest BCUT2D eigenvalue weighted by Crippen LogP contribution is -2.56. The van der Waals surface area contributed by atoms with Crippen LogP contribution in [0.15, 0.2) is 29.3 Å². The monoisotopic (exact) mass is 448 g/mol. The Labute approximate surface area is 185 Å². The highest BCUT2D eigenvalue weighted by Crippen LogP contribution is 2.65. The number of carboxylic acid groups (broad SMARTS) is 1. The highest BCUT2D eigenvalue weighted by molar-refractivity contribution is 6.76. The SMILES string of the molecule is COc1cc(OC)cc(C2CC3C(O)C2(C(=O)O)C(C)=C(C)C3(O)CC[Si](C)(C)C)c1. The van der Waals surface area contributed by atoms with E-state index in [1.165, 1.54) is 0 Å². The molecule has 172 valence electrons. The van der Waals surface area contributed by atoms with Gasteiger partial charge < -0.3 is 24.8 Å². The minimum atomic E-state index is -1.49. The molecular formula is C24H36O6Si. The Morgan fingerprint density at radius 3 is 2.10 bits per heavy atom. The van der Waals surface area contributed by atoms with Crippen molar-refractivity contribution in [3.63, 3.8) is 0 Å². The second-order valence-corrected chi connectivity index (χ2v) is 16.0. The van der Waals surface area contributed by atoms with Crippen LogP contribution in [-0.2, 0) is 4.79 Å². The molecule has 0 spiro atoms. The van der Waals surface area contributed by atoms with E-state index in [2.05, 4.69) is 19.6 Å². The number of carboxylic acids is 1. The van der Waals surface area contributed by atoms with Crippen LogP contribution in [0.2, 0.25) is 25.7 Å². The van der Waals surface area contributed by atoms with Crippen LogP contribution < -0.4 is 9.47 Å². The van der Waals surface area contributed by atoms with Crippen LogP contribution in [0.25, 0.3) is 0 Å². The summed E-state index contributed by atoms with van der Waals surface area (Å²) in [6, 6.07) is 6.27. The lowest BCUT2D eigenvalue weighted by Gasteiger charge is -2.47. The summed E-state index contributed by atoms with van der Waals surface area (Å²) < 4.78 is 10.8. The molecule has 0 aromatic heterocycles. The van der Waals surface area contributed by atoms with Gasteiger partial charge in [-0.1, -0.05) is 31.3 Å². The van der Waals surface area contributed by atoms with Crippen molar-refractivity contribution in [2.24, 2.45) is 11.3 Å². The number of carbonyl (C=O) groups is 1. The normalized spacial score (nSPS) is 32.9. The predicted octanol–water partition coefficient (Wildman–Crippen LogP) is 4.05. The molecule has 2 aliphatic carbocycles. The first-order valence-corrected chi connectivity index (χ1v) is 14.6. The predicted molar refractivity (Wildman–Crippen MR) is 123 cm³/mol. The summed E-state index contributed by atoms with van der Waals surface area (Å²) in [6.45, 7) is 10.4. The third-order valence-corrected chi connectivity index (χ3v) is 9.47. The average Bonchev–Trinajstić information content (AvgIpc) is 3.00. The van der Waals surface area contributed by atoms with Gasteiger partial charge in [0.2, 0.25) is 0 Å². The van der Waals surface area contributed by atoms with Gasteiger partial charge in [0.1, 0.15) is 16.9 Å². The van der Waals surface area contributed by atoms with Crippen LogP contribution in [0.1, 0.15) is 38.2 Å². The molecule has 0 saturated heterocycles. The van der Waals surface area contributed by atoms with Crippen molar-refractivity contribution >= 4 is 14.0 Å². The van der Waals surface area contributed by atoms with E-state index in [1.807, 2.05) is 19.1 Å². The maximum Gasteiger partial charge on any atom is 0.317 e. The molecule has 31 heavy (non-hydrogen) atoms. The fraction of sp³-hybridized carbons (Fsp3) is 0.625. The molecule has 0 radical (unpaired) electrons. The molecule has 5 atom stereocenters. The summed E-state index contributed by atoms with van der Waals surface area (Å²) in [4.78, 5) is 12.8. The van der Waals surface area contributed by atoms with Crippen LogP contribution in [-0.4, -0.2) is 55.3 Å². The molecule has 0 heterocycles. The molecule has 5 unspecified atom stereocenters. The van der Waals surface area contributed by atoms with Crippen molar-refractivity contribution in [3.8, 4) is 11.5 Å². The Balaban J connectivity index is 2.19. The second-order valence-electron chi connectivity index (χ2n) is 10.4. The average molecular weight is 449 g/mol. The number of ether oxygens (including phenoxy) is 2. The number of rotatable bonds is 7. The molecule has 7 heteroatoms. The van der Waals surface area contributed by atoms with E-state index < -0.39 is 43.0 Å². The van der Waals surface area contributed by atoms with Crippen molar-refractivity contribution in [1.29, 1.82) is 0 Å². The molecule has 1 saturated carbocycles. The largest absolute Gasteiger partial charge is 0.497 e. The fourth-order valence-electron chi connectivity index (χ4n) is 5.75. The van der Waals surface area contributed by atoms with E-state index >= 15 is 0 Å². The van der Waals surface area contributed by atoms with Crippen molar-refractivity contribution in [3.05, 3.63) is 34.9 Å². The number of fused-ring (bicyclic) bond motifs is 2. The van der Waals surface area contributed by atoms with Crippen molar-refractivity contribution < 1.29 is 29.6 Å². The number of hydrogen-bond donors (Lipinski definition) is 3. The molecule has 3 N–H and O–H groups in total. The van der Waals surface area contributed by atoms with Gasteiger partial charge in [-0.2, -0.15) is 0 Å². The number of benzene rings is 1. The molecule has 0 amide bonds. The van der Waals surface area contributed by atoms with Gasteiger partial charge in [-0.15, -0.1) is 0 Å². The van der Waals surface area contributed by atoms with Crippen LogP contribution in [0, 0.1) is 11.3 Å². The molecule has 2 aliphatic rings. The molecule has 1 fully saturated rings. The summed E-state index contributed by atoms with van der Waals surface area (Å²) in [7, 11) is 1.66. The maximum atomic E-state index is 12.8. The Bertz CT molecular complexity index is 882. The molecular weight excluding hydrogens is 412 g/mol. The van der Waals surface area contributed by atoms with Gasteiger partial charge >= 0.3 is 5.97 Å². The number of aliphatic carboxylic acids is 1. The summed E-state index contributed by atoms with van der Waals surface area (Å²) in [5, 5.41) is 33.8. The zero-order chi connectivity index (χ0) is 23.4. The summed E-state index contributed by atoms with van der Waals surface area (Å²) in [5.74, 6) is -0.981. The first-order chi connectivity index (χ1) is 14.3. The quantitative estimate of drug-likeness (QED) is 0.430. The summed E-state index contributed by atoms with van der Waals surface area (Å²) in [6.07, 6.45) is -0.263. The zero-order valence-electron chi connectivity index (χ0n) is 19.7. The highest BCUT2D eigenvalue weighted by atomic mass is 28.3. The van der Waals surface area contributed by atoms with E-state index in [1.54, 1.807) is 27.2 Å². The minimum absolute atomic E-state index is 0.376. The summed E-state index contributed by atoms with van der Waals surface area (Å²) in [5.41, 5.74) is -0.702. The first kappa shape index (κ1) is 23.8. The molecule has 2 bridgehead atoms. The standard InChI is InChI=1S/C24H36O6Si/c1-14-15(2)24(22(26)27)19(16-10-17(29-3)12-18(11-16)30-4)13-20(21(24)25)23(14,28)8-9-31(5,6)7/h10-12,19-21,25,28H,8-9,13H2,1-7H3,(H,26,27). The fourth-order valence-corrected chi connectivity index (χ4v) is 6.88. The van der Waals surface area contributed by atoms with Crippen LogP contribution in [0.5, 0.6) is 11.5 Å². The van der Waals surface area contributed by atoms with Gasteiger partial charge in [-0.25, -0.2) is 0 Å². The molecule has 3 rings (SSSR count). The number of aliphatic hydroxyl groups excluding tert-OH is 1. The van der Waals surface area contributed by atoms with Crippen molar-refractivity contribution in [1.82, 2.24) is 0 Å². The van der Waals surface area contributed by atoms with Gasteiger partial charge in [0.25, 0.3) is 0 Å². The van der Waals surface area contributed by atoms with Gasteiger partial charge in [0.15, 0.2) is 0 Å².